The van der Waals surface area contributed by atoms with Crippen molar-refractivity contribution in [3.05, 3.63) is 18.4 Å². The van der Waals surface area contributed by atoms with Crippen molar-refractivity contribution < 1.29 is 13.6 Å². The van der Waals surface area contributed by atoms with Crippen molar-refractivity contribution in [1.29, 1.82) is 0 Å². The first-order valence-corrected chi connectivity index (χ1v) is 8.50. The zero-order chi connectivity index (χ0) is 15.4. The summed E-state index contributed by atoms with van der Waals surface area (Å²) in [4.78, 5) is 12.0. The molecule has 2 aromatic rings. The van der Waals surface area contributed by atoms with E-state index in [-0.39, 0.29) is 11.7 Å². The number of carbonyl (C=O) groups excluding carboxylic acids is 1. The van der Waals surface area contributed by atoms with Crippen LogP contribution in [0.15, 0.2) is 32.5 Å². The summed E-state index contributed by atoms with van der Waals surface area (Å²) in [5.74, 6) is 1.70. The number of rotatable bonds is 5. The summed E-state index contributed by atoms with van der Waals surface area (Å²) in [6.07, 6.45) is 6.26. The van der Waals surface area contributed by atoms with Crippen LogP contribution in [0, 0.1) is 5.92 Å². The largest absolute Gasteiger partial charge is 0.459 e. The smallest absolute Gasteiger partial charge is 0.284 e. The Hall–Kier alpha value is -1.76. The third-order valence-corrected chi connectivity index (χ3v) is 4.74. The lowest BCUT2D eigenvalue weighted by Crippen LogP contribution is -2.41. The molecule has 0 bridgehead atoms. The molecule has 1 saturated carbocycles. The highest BCUT2D eigenvalue weighted by Crippen LogP contribution is 2.25. The van der Waals surface area contributed by atoms with Crippen LogP contribution >= 0.6 is 11.8 Å². The zero-order valence-electron chi connectivity index (χ0n) is 12.4. The molecule has 0 radical (unpaired) electrons. The summed E-state index contributed by atoms with van der Waals surface area (Å²) in [6.45, 7) is 2.20. The summed E-state index contributed by atoms with van der Waals surface area (Å²) >= 11 is 1.24. The molecule has 2 heterocycles. The number of furan rings is 1. The Morgan fingerprint density at radius 3 is 3.05 bits per heavy atom. The standard InChI is InChI=1S/C15H19N3O3S/c1-10-5-2-3-6-11(10)16-13(19)9-22-15-18-17-14(21-15)12-7-4-8-20-12/h4,7-8,10-11H,2-3,5-6,9H2,1H3,(H,16,19). The van der Waals surface area contributed by atoms with E-state index in [1.807, 2.05) is 0 Å². The van der Waals surface area contributed by atoms with Crippen LogP contribution in [-0.2, 0) is 4.79 Å². The van der Waals surface area contributed by atoms with E-state index in [1.54, 1.807) is 18.4 Å². The van der Waals surface area contributed by atoms with Gasteiger partial charge in [-0.1, -0.05) is 31.5 Å². The molecular weight excluding hydrogens is 302 g/mol. The number of nitrogens with zero attached hydrogens (tertiary/aromatic N) is 2. The van der Waals surface area contributed by atoms with Gasteiger partial charge in [0.05, 0.1) is 12.0 Å². The minimum atomic E-state index is 0.0153. The van der Waals surface area contributed by atoms with E-state index < -0.39 is 0 Å². The van der Waals surface area contributed by atoms with Crippen LogP contribution in [0.1, 0.15) is 32.6 Å². The Bertz CT molecular complexity index is 611. The first-order valence-electron chi connectivity index (χ1n) is 7.52. The van der Waals surface area contributed by atoms with Crippen molar-refractivity contribution in [1.82, 2.24) is 15.5 Å². The van der Waals surface area contributed by atoms with Crippen molar-refractivity contribution in [2.24, 2.45) is 5.92 Å². The van der Waals surface area contributed by atoms with Gasteiger partial charge in [-0.2, -0.15) is 0 Å². The van der Waals surface area contributed by atoms with Gasteiger partial charge in [-0.15, -0.1) is 10.2 Å². The molecule has 2 unspecified atom stereocenters. The van der Waals surface area contributed by atoms with Crippen LogP contribution < -0.4 is 5.32 Å². The molecule has 0 spiro atoms. The van der Waals surface area contributed by atoms with Crippen molar-refractivity contribution >= 4 is 17.7 Å². The molecule has 0 aromatic carbocycles. The Morgan fingerprint density at radius 2 is 2.27 bits per heavy atom. The van der Waals surface area contributed by atoms with E-state index in [0.29, 0.717) is 28.8 Å². The average Bonchev–Trinajstić information content (AvgIpc) is 3.18. The predicted octanol–water partition coefficient (Wildman–Crippen LogP) is 3.12. The van der Waals surface area contributed by atoms with Gasteiger partial charge >= 0.3 is 0 Å². The van der Waals surface area contributed by atoms with Crippen molar-refractivity contribution in [2.45, 2.75) is 43.9 Å². The van der Waals surface area contributed by atoms with Gasteiger partial charge in [-0.25, -0.2) is 0 Å². The number of carbonyl (C=O) groups is 1. The third kappa shape index (κ3) is 3.71. The molecule has 22 heavy (non-hydrogen) atoms. The van der Waals surface area contributed by atoms with E-state index >= 15 is 0 Å². The maximum atomic E-state index is 12.0. The van der Waals surface area contributed by atoms with Gasteiger partial charge in [-0.3, -0.25) is 4.79 Å². The molecular formula is C15H19N3O3S. The van der Waals surface area contributed by atoms with Gasteiger partial charge in [0.25, 0.3) is 11.1 Å². The highest BCUT2D eigenvalue weighted by Gasteiger charge is 2.23. The molecule has 1 fully saturated rings. The quantitative estimate of drug-likeness (QED) is 0.852. The molecule has 7 heteroatoms. The average molecular weight is 321 g/mol. The molecule has 1 aliphatic rings. The molecule has 1 amide bonds. The Balaban J connectivity index is 1.49. The lowest BCUT2D eigenvalue weighted by Gasteiger charge is -2.29. The van der Waals surface area contributed by atoms with E-state index in [0.717, 1.165) is 6.42 Å². The monoisotopic (exact) mass is 321 g/mol. The van der Waals surface area contributed by atoms with Gasteiger partial charge in [0.2, 0.25) is 5.91 Å². The highest BCUT2D eigenvalue weighted by atomic mass is 32.2. The minimum Gasteiger partial charge on any atom is -0.459 e. The fourth-order valence-electron chi connectivity index (χ4n) is 2.67. The molecule has 1 aliphatic carbocycles. The van der Waals surface area contributed by atoms with E-state index in [1.165, 1.54) is 31.0 Å². The van der Waals surface area contributed by atoms with Crippen LogP contribution in [0.4, 0.5) is 0 Å². The Labute approximate surface area is 133 Å². The molecule has 0 aliphatic heterocycles. The lowest BCUT2D eigenvalue weighted by atomic mass is 9.86. The summed E-state index contributed by atoms with van der Waals surface area (Å²) in [5, 5.41) is 11.3. The van der Waals surface area contributed by atoms with Crippen molar-refractivity contribution in [2.75, 3.05) is 5.75 Å². The number of nitrogens with one attached hydrogen (secondary N) is 1. The number of hydrogen-bond donors (Lipinski definition) is 1. The Kier molecular flexibility index (Phi) is 4.82. The molecule has 118 valence electrons. The second kappa shape index (κ2) is 7.00. The zero-order valence-corrected chi connectivity index (χ0v) is 13.3. The summed E-state index contributed by atoms with van der Waals surface area (Å²) in [7, 11) is 0. The Morgan fingerprint density at radius 1 is 1.41 bits per heavy atom. The minimum absolute atomic E-state index is 0.0153. The van der Waals surface area contributed by atoms with E-state index in [4.69, 9.17) is 8.83 Å². The molecule has 2 atom stereocenters. The molecule has 2 aromatic heterocycles. The molecule has 3 rings (SSSR count). The van der Waals surface area contributed by atoms with Gasteiger partial charge in [0.15, 0.2) is 5.76 Å². The van der Waals surface area contributed by atoms with Crippen LogP contribution in [0.25, 0.3) is 11.7 Å². The van der Waals surface area contributed by atoms with Crippen LogP contribution in [0.3, 0.4) is 0 Å². The summed E-state index contributed by atoms with van der Waals surface area (Å²) in [5.41, 5.74) is 0. The van der Waals surface area contributed by atoms with Gasteiger partial charge < -0.3 is 14.2 Å². The topological polar surface area (TPSA) is 81.2 Å². The second-order valence-electron chi connectivity index (χ2n) is 5.57. The normalized spacial score (nSPS) is 21.7. The lowest BCUT2D eigenvalue weighted by molar-refractivity contribution is -0.119. The van der Waals surface area contributed by atoms with E-state index in [9.17, 15) is 4.79 Å². The van der Waals surface area contributed by atoms with Gasteiger partial charge in [0, 0.05) is 6.04 Å². The number of aromatic nitrogens is 2. The van der Waals surface area contributed by atoms with Crippen LogP contribution in [0.5, 0.6) is 0 Å². The summed E-state index contributed by atoms with van der Waals surface area (Å²) < 4.78 is 10.6. The fraction of sp³-hybridized carbons (Fsp3) is 0.533. The third-order valence-electron chi connectivity index (χ3n) is 3.92. The van der Waals surface area contributed by atoms with Crippen LogP contribution in [0.2, 0.25) is 0 Å². The second-order valence-corrected chi connectivity index (χ2v) is 6.50. The van der Waals surface area contributed by atoms with Crippen LogP contribution in [-0.4, -0.2) is 27.9 Å². The molecule has 1 N–H and O–H groups in total. The number of thioether (sulfide) groups is 1. The van der Waals surface area contributed by atoms with Crippen molar-refractivity contribution in [3.63, 3.8) is 0 Å². The first kappa shape index (κ1) is 15.1. The first-order chi connectivity index (χ1) is 10.7. The van der Waals surface area contributed by atoms with Crippen molar-refractivity contribution in [3.8, 4) is 11.7 Å². The number of hydrogen-bond acceptors (Lipinski definition) is 6. The maximum Gasteiger partial charge on any atom is 0.284 e. The van der Waals surface area contributed by atoms with Gasteiger partial charge in [0.1, 0.15) is 0 Å². The highest BCUT2D eigenvalue weighted by molar-refractivity contribution is 7.99. The predicted molar refractivity (Wildman–Crippen MR) is 82.3 cm³/mol. The van der Waals surface area contributed by atoms with Gasteiger partial charge in [-0.05, 0) is 30.9 Å². The molecule has 0 saturated heterocycles. The fourth-order valence-corrected chi connectivity index (χ4v) is 3.25. The van der Waals surface area contributed by atoms with E-state index in [2.05, 4.69) is 22.4 Å². The number of amides is 1. The summed E-state index contributed by atoms with van der Waals surface area (Å²) in [6, 6.07) is 3.80. The molecule has 6 nitrogen and oxygen atoms in total. The maximum absolute atomic E-state index is 12.0. The SMILES string of the molecule is CC1CCCCC1NC(=O)CSc1nnc(-c2ccco2)o1.